The maximum atomic E-state index is 13.5. The van der Waals surface area contributed by atoms with Gasteiger partial charge in [-0.1, -0.05) is 127 Å². The van der Waals surface area contributed by atoms with Gasteiger partial charge in [0.25, 0.3) is 5.79 Å². The van der Waals surface area contributed by atoms with E-state index in [9.17, 15) is 9.59 Å². The third-order valence-corrected chi connectivity index (χ3v) is 9.15. The number of carbonyl (C=O) groups excluding carboxylic acids is 2. The molecule has 0 amide bonds. The zero-order chi connectivity index (χ0) is 35.0. The van der Waals surface area contributed by atoms with Gasteiger partial charge in [-0.3, -0.25) is 9.59 Å². The molecule has 0 aromatic heterocycles. The van der Waals surface area contributed by atoms with Crippen LogP contribution in [-0.2, 0) is 19.1 Å². The molecule has 0 aliphatic carbocycles. The number of rotatable bonds is 33. The lowest BCUT2D eigenvalue weighted by molar-refractivity contribution is -0.191. The second kappa shape index (κ2) is 31.2. The quantitative estimate of drug-likeness (QED) is 0.0395. The molecule has 1 unspecified atom stereocenters. The van der Waals surface area contributed by atoms with Crippen molar-refractivity contribution in [1.82, 2.24) is 4.90 Å². The molecule has 0 aromatic rings. The number of carbonyl (C=O) groups is 2. The molecule has 1 atom stereocenters. The minimum atomic E-state index is -1.68. The van der Waals surface area contributed by atoms with Gasteiger partial charge in [0, 0.05) is 19.4 Å². The van der Waals surface area contributed by atoms with Crippen molar-refractivity contribution in [1.29, 1.82) is 0 Å². The van der Waals surface area contributed by atoms with E-state index >= 15 is 0 Å². The molecule has 5 heteroatoms. The van der Waals surface area contributed by atoms with E-state index in [2.05, 4.69) is 67.4 Å². The zero-order valence-electron chi connectivity index (χ0n) is 31.9. The van der Waals surface area contributed by atoms with Crippen molar-refractivity contribution >= 4 is 11.6 Å². The van der Waals surface area contributed by atoms with Crippen LogP contribution < -0.4 is 0 Å². The molecule has 0 saturated carbocycles. The number of Topliss-reactive ketones (excluding diaryl/α,β-unsaturated/α-hetero) is 2. The Bertz CT molecular complexity index is 844. The molecular formula is C43H75NO4. The lowest BCUT2D eigenvalue weighted by atomic mass is 9.96. The van der Waals surface area contributed by atoms with Crippen LogP contribution in [0.2, 0.25) is 0 Å². The molecule has 0 aromatic carbocycles. The Morgan fingerprint density at radius 2 is 0.979 bits per heavy atom. The van der Waals surface area contributed by atoms with Crippen LogP contribution in [0.3, 0.4) is 0 Å². The van der Waals surface area contributed by atoms with E-state index in [1.54, 1.807) is 0 Å². The largest absolute Gasteiger partial charge is 0.335 e. The second-order valence-corrected chi connectivity index (χ2v) is 14.1. The highest BCUT2D eigenvalue weighted by molar-refractivity contribution is 6.09. The summed E-state index contributed by atoms with van der Waals surface area (Å²) in [7, 11) is 4.04. The predicted octanol–water partition coefficient (Wildman–Crippen LogP) is 11.8. The van der Waals surface area contributed by atoms with E-state index in [0.717, 1.165) is 77.2 Å². The molecule has 1 aliphatic heterocycles. The highest BCUT2D eigenvalue weighted by Crippen LogP contribution is 2.31. The van der Waals surface area contributed by atoms with Crippen LogP contribution in [0, 0.1) is 0 Å². The Balaban J connectivity index is 2.32. The van der Waals surface area contributed by atoms with Crippen molar-refractivity contribution in [3.63, 3.8) is 0 Å². The first-order valence-corrected chi connectivity index (χ1v) is 20.1. The van der Waals surface area contributed by atoms with Crippen LogP contribution in [0.5, 0.6) is 0 Å². The monoisotopic (exact) mass is 670 g/mol. The van der Waals surface area contributed by atoms with Crippen LogP contribution in [-0.4, -0.2) is 55.6 Å². The van der Waals surface area contributed by atoms with E-state index in [1.807, 2.05) is 14.1 Å². The zero-order valence-corrected chi connectivity index (χ0v) is 31.9. The summed E-state index contributed by atoms with van der Waals surface area (Å²) < 4.78 is 12.2. The van der Waals surface area contributed by atoms with Gasteiger partial charge in [-0.2, -0.15) is 0 Å². The van der Waals surface area contributed by atoms with Gasteiger partial charge in [0.2, 0.25) is 0 Å². The summed E-state index contributed by atoms with van der Waals surface area (Å²) in [5, 5.41) is 0. The number of hydrogen-bond donors (Lipinski definition) is 0. The topological polar surface area (TPSA) is 55.8 Å². The predicted molar refractivity (Wildman–Crippen MR) is 205 cm³/mol. The lowest BCUT2D eigenvalue weighted by Crippen LogP contribution is -2.48. The summed E-state index contributed by atoms with van der Waals surface area (Å²) >= 11 is 0. The Kier molecular flexibility index (Phi) is 28.7. The molecule has 1 rings (SSSR count). The van der Waals surface area contributed by atoms with Crippen LogP contribution >= 0.6 is 0 Å². The summed E-state index contributed by atoms with van der Waals surface area (Å²) in [6.07, 6.45) is 44.5. The summed E-state index contributed by atoms with van der Waals surface area (Å²) in [6, 6.07) is 0. The average molecular weight is 670 g/mol. The first-order valence-electron chi connectivity index (χ1n) is 20.1. The maximum Gasteiger partial charge on any atom is 0.290 e. The minimum absolute atomic E-state index is 0.173. The van der Waals surface area contributed by atoms with Crippen LogP contribution in [0.15, 0.2) is 48.6 Å². The van der Waals surface area contributed by atoms with Crippen molar-refractivity contribution < 1.29 is 19.1 Å². The van der Waals surface area contributed by atoms with Crippen molar-refractivity contribution in [2.45, 2.75) is 186 Å². The molecule has 0 spiro atoms. The van der Waals surface area contributed by atoms with Crippen molar-refractivity contribution in [3.05, 3.63) is 48.6 Å². The first-order chi connectivity index (χ1) is 23.5. The van der Waals surface area contributed by atoms with Crippen LogP contribution in [0.1, 0.15) is 174 Å². The number of unbranched alkanes of at least 4 members (excludes halogenated alkanes) is 16. The van der Waals surface area contributed by atoms with Gasteiger partial charge >= 0.3 is 0 Å². The SMILES string of the molecule is CCCCC/C=C\C/C=C\CCCCCCCC(=O)C1(C(=O)CCCCCCC/C=C\C/C=C\CCCCC)OCC(CCN(C)C)O1. The average Bonchev–Trinajstić information content (AvgIpc) is 3.53. The number of hydrogen-bond acceptors (Lipinski definition) is 5. The maximum absolute atomic E-state index is 13.5. The van der Waals surface area contributed by atoms with E-state index in [0.29, 0.717) is 19.4 Å². The minimum Gasteiger partial charge on any atom is -0.335 e. The first kappa shape index (κ1) is 44.2. The summed E-state index contributed by atoms with van der Waals surface area (Å²) in [6.45, 7) is 5.64. The van der Waals surface area contributed by atoms with Gasteiger partial charge in [0.15, 0.2) is 11.6 Å². The fourth-order valence-electron chi connectivity index (χ4n) is 6.03. The highest BCUT2D eigenvalue weighted by atomic mass is 16.8. The summed E-state index contributed by atoms with van der Waals surface area (Å²) in [5.41, 5.74) is 0. The molecule has 5 nitrogen and oxygen atoms in total. The molecule has 48 heavy (non-hydrogen) atoms. The summed E-state index contributed by atoms with van der Waals surface area (Å²) in [5.74, 6) is -2.03. The van der Waals surface area contributed by atoms with Gasteiger partial charge in [0.1, 0.15) is 0 Å². The van der Waals surface area contributed by atoms with E-state index in [-0.39, 0.29) is 17.7 Å². The molecule has 1 heterocycles. The molecule has 0 bridgehead atoms. The number of ketones is 2. The number of allylic oxidation sites excluding steroid dienone is 8. The molecule has 276 valence electrons. The number of ether oxygens (including phenoxy) is 2. The fourth-order valence-corrected chi connectivity index (χ4v) is 6.03. The Labute approximate surface area is 297 Å². The highest BCUT2D eigenvalue weighted by Gasteiger charge is 2.52. The standard InChI is InChI=1S/C43H75NO4/c1-5-7-9-11-13-15-17-19-21-23-25-27-29-31-33-35-41(45)43(47-39-40(48-43)37-38-44(3)4)42(46)36-34-32-30-28-26-24-22-20-18-16-14-12-10-8-6-2/h13-16,19-22,40H,5-12,17-18,23-39H2,1-4H3/b15-13-,16-14-,21-19-,22-20-. The fraction of sp³-hybridized carbons (Fsp3) is 0.767. The lowest BCUT2D eigenvalue weighted by Gasteiger charge is -2.25. The molecular weight excluding hydrogens is 594 g/mol. The molecule has 1 aliphatic rings. The smallest absolute Gasteiger partial charge is 0.290 e. The normalized spacial score (nSPS) is 16.6. The van der Waals surface area contributed by atoms with Crippen LogP contribution in [0.25, 0.3) is 0 Å². The van der Waals surface area contributed by atoms with Crippen molar-refractivity contribution in [2.24, 2.45) is 0 Å². The third-order valence-electron chi connectivity index (χ3n) is 9.15. The number of nitrogens with zero attached hydrogens (tertiary/aromatic N) is 1. The Morgan fingerprint density at radius 1 is 0.583 bits per heavy atom. The van der Waals surface area contributed by atoms with Gasteiger partial charge in [0.05, 0.1) is 12.7 Å². The van der Waals surface area contributed by atoms with E-state index in [1.165, 1.54) is 77.0 Å². The van der Waals surface area contributed by atoms with Crippen LogP contribution in [0.4, 0.5) is 0 Å². The van der Waals surface area contributed by atoms with Gasteiger partial charge < -0.3 is 14.4 Å². The molecule has 0 radical (unpaired) electrons. The second-order valence-electron chi connectivity index (χ2n) is 14.1. The molecule has 1 saturated heterocycles. The Morgan fingerprint density at radius 3 is 1.40 bits per heavy atom. The molecule has 0 N–H and O–H groups in total. The third kappa shape index (κ3) is 22.7. The van der Waals surface area contributed by atoms with Crippen molar-refractivity contribution in [3.8, 4) is 0 Å². The van der Waals surface area contributed by atoms with Gasteiger partial charge in [-0.15, -0.1) is 0 Å². The van der Waals surface area contributed by atoms with Gasteiger partial charge in [-0.25, -0.2) is 0 Å². The Hall–Kier alpha value is -1.82. The van der Waals surface area contributed by atoms with Crippen molar-refractivity contribution in [2.75, 3.05) is 27.2 Å². The van der Waals surface area contributed by atoms with E-state index < -0.39 is 5.79 Å². The molecule has 1 fully saturated rings. The summed E-state index contributed by atoms with van der Waals surface area (Å²) in [4.78, 5) is 29.1. The van der Waals surface area contributed by atoms with E-state index in [4.69, 9.17) is 9.47 Å². The van der Waals surface area contributed by atoms with Gasteiger partial charge in [-0.05, 0) is 97.6 Å².